The zero-order valence-corrected chi connectivity index (χ0v) is 24.5. The van der Waals surface area contributed by atoms with Gasteiger partial charge in [-0.3, -0.25) is 0 Å². The molecule has 0 aliphatic carbocycles. The van der Waals surface area contributed by atoms with Crippen LogP contribution in [-0.4, -0.2) is 56.6 Å². The number of hydrogen-bond acceptors (Lipinski definition) is 8. The summed E-state index contributed by atoms with van der Waals surface area (Å²) in [6.07, 6.45) is -2.21. The Hall–Kier alpha value is -6.04. The Bertz CT molecular complexity index is 1550. The summed E-state index contributed by atoms with van der Waals surface area (Å²) in [5, 5.41) is 45.4. The van der Waals surface area contributed by atoms with Gasteiger partial charge >= 0.3 is 24.1 Å². The van der Waals surface area contributed by atoms with E-state index >= 15 is 0 Å². The van der Waals surface area contributed by atoms with Gasteiger partial charge in [0, 0.05) is 24.0 Å². The molecule has 0 heterocycles. The van der Waals surface area contributed by atoms with Crippen LogP contribution in [0.1, 0.15) is 22.3 Å². The molecule has 0 aliphatic heterocycles. The highest BCUT2D eigenvalue weighted by Crippen LogP contribution is 2.37. The molecule has 0 aliphatic rings. The molecule has 0 saturated carbocycles. The van der Waals surface area contributed by atoms with E-state index in [1.165, 1.54) is 36.4 Å². The average Bonchev–Trinajstić information content (AvgIpc) is 3.05. The second-order valence-corrected chi connectivity index (χ2v) is 10.3. The summed E-state index contributed by atoms with van der Waals surface area (Å²) in [6, 6.07) is 23.5. The molecular weight excluding hydrogens is 596 g/mol. The van der Waals surface area contributed by atoms with Gasteiger partial charge in [-0.05, 0) is 46.5 Å². The van der Waals surface area contributed by atoms with Crippen molar-refractivity contribution < 1.29 is 49.1 Å². The molecule has 0 radical (unpaired) electrons. The Balaban J connectivity index is 1.45. The Morgan fingerprint density at radius 3 is 1.26 bits per heavy atom. The second-order valence-electron chi connectivity index (χ2n) is 10.3. The molecule has 2 atom stereocenters. The molecule has 0 saturated heterocycles. The summed E-state index contributed by atoms with van der Waals surface area (Å²) in [7, 11) is 0. The number of carbonyl (C=O) groups excluding carboxylic acids is 2. The quantitative estimate of drug-likeness (QED) is 0.122. The maximum Gasteiger partial charge on any atom is 0.408 e. The van der Waals surface area contributed by atoms with Crippen LogP contribution in [-0.2, 0) is 45.1 Å². The van der Waals surface area contributed by atoms with Gasteiger partial charge in [0.1, 0.15) is 36.8 Å². The fourth-order valence-electron chi connectivity index (χ4n) is 4.54. The van der Waals surface area contributed by atoms with E-state index in [0.29, 0.717) is 11.1 Å². The van der Waals surface area contributed by atoms with Gasteiger partial charge in [-0.2, -0.15) is 0 Å². The summed E-state index contributed by atoms with van der Waals surface area (Å²) in [6.45, 7) is -0.101. The van der Waals surface area contributed by atoms with Crippen LogP contribution >= 0.6 is 0 Å². The van der Waals surface area contributed by atoms with E-state index in [-0.39, 0.29) is 48.7 Å². The largest absolute Gasteiger partial charge is 0.507 e. The van der Waals surface area contributed by atoms with Crippen molar-refractivity contribution in [1.29, 1.82) is 0 Å². The van der Waals surface area contributed by atoms with Crippen molar-refractivity contribution in [3.05, 3.63) is 119 Å². The van der Waals surface area contributed by atoms with Gasteiger partial charge in [-0.25, -0.2) is 19.2 Å². The number of phenolic OH excluding ortho intramolecular Hbond substituents is 2. The zero-order chi connectivity index (χ0) is 33.1. The minimum Gasteiger partial charge on any atom is -0.507 e. The molecule has 0 unspecified atom stereocenters. The third-order valence-corrected chi connectivity index (χ3v) is 6.90. The van der Waals surface area contributed by atoms with Crippen LogP contribution in [0, 0.1) is 0 Å². The number of phenols is 2. The van der Waals surface area contributed by atoms with Crippen molar-refractivity contribution in [3.8, 4) is 22.6 Å². The van der Waals surface area contributed by atoms with E-state index in [2.05, 4.69) is 10.6 Å². The Labute approximate surface area is 263 Å². The van der Waals surface area contributed by atoms with Crippen molar-refractivity contribution >= 4 is 24.1 Å². The molecule has 4 rings (SSSR count). The highest BCUT2D eigenvalue weighted by Gasteiger charge is 2.24. The van der Waals surface area contributed by atoms with Crippen molar-refractivity contribution in [2.45, 2.75) is 38.1 Å². The first-order chi connectivity index (χ1) is 22.1. The fraction of sp³-hybridized carbons (Fsp3) is 0.176. The predicted octanol–water partition coefficient (Wildman–Crippen LogP) is 4.61. The lowest BCUT2D eigenvalue weighted by molar-refractivity contribution is -0.140. The van der Waals surface area contributed by atoms with Crippen molar-refractivity contribution in [2.75, 3.05) is 0 Å². The summed E-state index contributed by atoms with van der Waals surface area (Å²) in [5.41, 5.74) is 2.52. The Kier molecular flexibility index (Phi) is 11.2. The monoisotopic (exact) mass is 628 g/mol. The molecule has 12 heteroatoms. The van der Waals surface area contributed by atoms with E-state index in [0.717, 1.165) is 11.1 Å². The van der Waals surface area contributed by atoms with Crippen LogP contribution < -0.4 is 10.6 Å². The summed E-state index contributed by atoms with van der Waals surface area (Å²) < 4.78 is 10.3. The number of ether oxygens (including phenoxy) is 2. The Morgan fingerprint density at radius 2 is 0.913 bits per heavy atom. The third-order valence-electron chi connectivity index (χ3n) is 6.90. The lowest BCUT2D eigenvalue weighted by Gasteiger charge is -2.17. The molecule has 4 aromatic rings. The smallest absolute Gasteiger partial charge is 0.408 e. The van der Waals surface area contributed by atoms with Crippen LogP contribution in [0.5, 0.6) is 11.5 Å². The molecule has 0 spiro atoms. The molecular formula is C34H32N2O10. The van der Waals surface area contributed by atoms with Crippen LogP contribution in [0.25, 0.3) is 11.1 Å². The number of rotatable bonds is 13. The summed E-state index contributed by atoms with van der Waals surface area (Å²) in [5.74, 6) is -3.11. The molecule has 46 heavy (non-hydrogen) atoms. The number of alkyl carbamates (subject to hydrolysis) is 2. The predicted molar refractivity (Wildman–Crippen MR) is 165 cm³/mol. The van der Waals surface area contributed by atoms with Gasteiger partial charge < -0.3 is 40.5 Å². The highest BCUT2D eigenvalue weighted by atomic mass is 16.6. The van der Waals surface area contributed by atoms with Gasteiger partial charge in [-0.15, -0.1) is 0 Å². The van der Waals surface area contributed by atoms with Crippen molar-refractivity contribution in [1.82, 2.24) is 10.6 Å². The lowest BCUT2D eigenvalue weighted by Crippen LogP contribution is -2.42. The van der Waals surface area contributed by atoms with Crippen LogP contribution in [0.4, 0.5) is 9.59 Å². The minimum absolute atomic E-state index is 0.0505. The number of carboxylic acid groups (broad SMARTS) is 2. The van der Waals surface area contributed by atoms with Gasteiger partial charge in [0.15, 0.2) is 0 Å². The summed E-state index contributed by atoms with van der Waals surface area (Å²) in [4.78, 5) is 48.5. The van der Waals surface area contributed by atoms with Gasteiger partial charge in [-0.1, -0.05) is 72.8 Å². The lowest BCUT2D eigenvalue weighted by atomic mass is 9.95. The molecule has 238 valence electrons. The number of aliphatic carboxylic acids is 2. The highest BCUT2D eigenvalue weighted by molar-refractivity contribution is 5.82. The summed E-state index contributed by atoms with van der Waals surface area (Å²) >= 11 is 0. The van der Waals surface area contributed by atoms with E-state index in [9.17, 15) is 39.6 Å². The van der Waals surface area contributed by atoms with Gasteiger partial charge in [0.05, 0.1) is 0 Å². The van der Waals surface area contributed by atoms with Crippen molar-refractivity contribution in [2.24, 2.45) is 0 Å². The molecule has 2 amide bonds. The van der Waals surface area contributed by atoms with Crippen LogP contribution in [0.3, 0.4) is 0 Å². The van der Waals surface area contributed by atoms with Crippen LogP contribution in [0.15, 0.2) is 97.1 Å². The number of hydrogen-bond donors (Lipinski definition) is 6. The number of benzene rings is 4. The molecule has 12 nitrogen and oxygen atoms in total. The number of carbonyl (C=O) groups is 4. The molecule has 0 fully saturated rings. The normalized spacial score (nSPS) is 11.9. The zero-order valence-electron chi connectivity index (χ0n) is 24.5. The van der Waals surface area contributed by atoms with E-state index < -0.39 is 36.2 Å². The Morgan fingerprint density at radius 1 is 0.543 bits per heavy atom. The standard InChI is InChI=1S/C34H32N2O10/c37-29-13-11-23(17-27(31(39)40)35-33(43)45-19-21-7-3-1-4-8-21)15-25(29)26-16-24(12-14-30(26)38)18-28(32(41)42)36-34(44)46-20-22-9-5-2-6-10-22/h1-16,27-28,37-38H,17-20H2,(H,35,43)(H,36,44)(H,39,40)(H,41,42)/t27-,28-/m1/s1. The number of amides is 2. The van der Waals surface area contributed by atoms with Gasteiger partial charge in [0.25, 0.3) is 0 Å². The molecule has 0 bridgehead atoms. The average molecular weight is 629 g/mol. The molecule has 6 N–H and O–H groups in total. The minimum atomic E-state index is -1.37. The number of aromatic hydroxyl groups is 2. The van der Waals surface area contributed by atoms with E-state index in [4.69, 9.17) is 9.47 Å². The number of nitrogens with one attached hydrogen (secondary N) is 2. The maximum atomic E-state index is 12.3. The molecule has 4 aromatic carbocycles. The molecule has 0 aromatic heterocycles. The van der Waals surface area contributed by atoms with Crippen LogP contribution in [0.2, 0.25) is 0 Å². The first-order valence-electron chi connectivity index (χ1n) is 14.1. The van der Waals surface area contributed by atoms with E-state index in [1.807, 2.05) is 12.1 Å². The van der Waals surface area contributed by atoms with Gasteiger partial charge in [0.2, 0.25) is 0 Å². The van der Waals surface area contributed by atoms with E-state index in [1.54, 1.807) is 48.5 Å². The third kappa shape index (κ3) is 9.48. The SMILES string of the molecule is O=C(N[C@H](Cc1ccc(O)c(-c2cc(C[C@@H](NC(=O)OCc3ccccc3)C(=O)O)ccc2O)c1)C(=O)O)OCc1ccccc1. The first kappa shape index (κ1) is 32.9. The van der Waals surface area contributed by atoms with Crippen molar-refractivity contribution in [3.63, 3.8) is 0 Å². The first-order valence-corrected chi connectivity index (χ1v) is 14.1. The fourth-order valence-corrected chi connectivity index (χ4v) is 4.54. The second kappa shape index (κ2) is 15.6. The maximum absolute atomic E-state index is 12.3. The topological polar surface area (TPSA) is 192 Å². The number of carboxylic acids is 2.